The topological polar surface area (TPSA) is 74.1 Å². The minimum Gasteiger partial charge on any atom is -0.377 e. The van der Waals surface area contributed by atoms with Gasteiger partial charge in [-0.25, -0.2) is 0 Å². The molecule has 2 heterocycles. The van der Waals surface area contributed by atoms with Crippen LogP contribution in [0.25, 0.3) is 10.8 Å². The number of nitriles is 1. The van der Waals surface area contributed by atoms with Gasteiger partial charge in [-0.1, -0.05) is 25.1 Å². The van der Waals surface area contributed by atoms with E-state index in [9.17, 15) is 18.4 Å². The minimum absolute atomic E-state index is 0.0162. The molecule has 0 aliphatic carbocycles. The van der Waals surface area contributed by atoms with E-state index < -0.39 is 23.3 Å². The molecule has 6 nitrogen and oxygen atoms in total. The van der Waals surface area contributed by atoms with Gasteiger partial charge in [0.25, 0.3) is 0 Å². The highest BCUT2D eigenvalue weighted by atomic mass is 19.4. The number of aryl methyl sites for hydroxylation is 1. The Hall–Kier alpha value is -3.38. The molecule has 2 aromatic carbocycles. The Bertz CT molecular complexity index is 1240. The van der Waals surface area contributed by atoms with Crippen molar-refractivity contribution in [2.75, 3.05) is 30.0 Å². The van der Waals surface area contributed by atoms with Gasteiger partial charge >= 0.3 is 6.18 Å². The molecule has 1 N–H and O–H groups in total. The second-order valence-corrected chi connectivity index (χ2v) is 8.44. The fraction of sp³-hybridized carbons (Fsp3) is 0.400. The number of rotatable bonds is 5. The number of benzene rings is 2. The second kappa shape index (κ2) is 9.47. The Morgan fingerprint density at radius 3 is 2.74 bits per heavy atom. The summed E-state index contributed by atoms with van der Waals surface area (Å²) in [6.07, 6.45) is -3.72. The molecule has 0 saturated carbocycles. The van der Waals surface area contributed by atoms with E-state index in [4.69, 9.17) is 4.74 Å². The van der Waals surface area contributed by atoms with Gasteiger partial charge in [0, 0.05) is 23.0 Å². The number of halogens is 3. The third-order valence-corrected chi connectivity index (χ3v) is 6.30. The van der Waals surface area contributed by atoms with Crippen molar-refractivity contribution in [3.8, 4) is 6.07 Å². The monoisotopic (exact) mass is 469 g/mol. The number of fused-ring (bicyclic) bond motifs is 1. The van der Waals surface area contributed by atoms with Crippen LogP contribution in [-0.2, 0) is 10.9 Å². The van der Waals surface area contributed by atoms with Crippen molar-refractivity contribution in [2.24, 2.45) is 0 Å². The maximum Gasteiger partial charge on any atom is 0.418 e. The van der Waals surface area contributed by atoms with Crippen molar-refractivity contribution in [3.05, 3.63) is 58.8 Å². The lowest BCUT2D eigenvalue weighted by atomic mass is 9.96. The highest BCUT2D eigenvalue weighted by molar-refractivity contribution is 5.95. The molecule has 1 saturated heterocycles. The summed E-state index contributed by atoms with van der Waals surface area (Å²) in [5.74, 6) is 0.395. The molecule has 2 atom stereocenters. The van der Waals surface area contributed by atoms with Crippen molar-refractivity contribution >= 4 is 22.3 Å². The van der Waals surface area contributed by atoms with Crippen molar-refractivity contribution in [1.82, 2.24) is 10.2 Å². The van der Waals surface area contributed by atoms with Crippen molar-refractivity contribution in [1.29, 1.82) is 5.26 Å². The molecule has 1 aliphatic rings. The number of ether oxygens (including phenoxy) is 1. The highest BCUT2D eigenvalue weighted by Gasteiger charge is 2.37. The molecule has 4 rings (SSSR count). The van der Waals surface area contributed by atoms with Crippen LogP contribution in [0.5, 0.6) is 0 Å². The SMILES string of the molecule is CC[C@@H]1COCCN1c1ccc2c(C)nnc(N[C@H](C)c3cccc(C#N)c3C(F)(F)F)c2c1. The zero-order valence-electron chi connectivity index (χ0n) is 19.3. The lowest BCUT2D eigenvalue weighted by Crippen LogP contribution is -2.45. The van der Waals surface area contributed by atoms with Crippen LogP contribution in [0.2, 0.25) is 0 Å². The summed E-state index contributed by atoms with van der Waals surface area (Å²) in [5.41, 5.74) is 0.391. The van der Waals surface area contributed by atoms with E-state index in [1.165, 1.54) is 18.2 Å². The zero-order chi connectivity index (χ0) is 24.5. The smallest absolute Gasteiger partial charge is 0.377 e. The molecule has 1 aliphatic heterocycles. The highest BCUT2D eigenvalue weighted by Crippen LogP contribution is 2.38. The third kappa shape index (κ3) is 4.50. The van der Waals surface area contributed by atoms with Gasteiger partial charge in [0.05, 0.1) is 48.2 Å². The first-order valence-electron chi connectivity index (χ1n) is 11.2. The summed E-state index contributed by atoms with van der Waals surface area (Å²) in [6, 6.07) is 11.2. The van der Waals surface area contributed by atoms with Crippen LogP contribution in [0.15, 0.2) is 36.4 Å². The summed E-state index contributed by atoms with van der Waals surface area (Å²) in [4.78, 5) is 2.30. The van der Waals surface area contributed by atoms with Gasteiger partial charge < -0.3 is 15.0 Å². The Kier molecular flexibility index (Phi) is 6.62. The van der Waals surface area contributed by atoms with Crippen LogP contribution in [0.4, 0.5) is 24.7 Å². The molecular weight excluding hydrogens is 443 g/mol. The molecule has 178 valence electrons. The van der Waals surface area contributed by atoms with Crippen LogP contribution >= 0.6 is 0 Å². The van der Waals surface area contributed by atoms with Gasteiger partial charge in [-0.3, -0.25) is 0 Å². The van der Waals surface area contributed by atoms with Gasteiger partial charge in [-0.2, -0.15) is 23.5 Å². The first-order valence-corrected chi connectivity index (χ1v) is 11.2. The van der Waals surface area contributed by atoms with Crippen LogP contribution in [0.3, 0.4) is 0 Å². The Morgan fingerprint density at radius 2 is 2.03 bits per heavy atom. The zero-order valence-corrected chi connectivity index (χ0v) is 19.3. The fourth-order valence-electron chi connectivity index (χ4n) is 4.52. The van der Waals surface area contributed by atoms with E-state index in [-0.39, 0.29) is 11.6 Å². The van der Waals surface area contributed by atoms with Crippen molar-refractivity contribution < 1.29 is 17.9 Å². The fourth-order valence-corrected chi connectivity index (χ4v) is 4.52. The van der Waals surface area contributed by atoms with Crippen LogP contribution in [0.1, 0.15) is 48.7 Å². The van der Waals surface area contributed by atoms with Gasteiger partial charge in [0.15, 0.2) is 5.82 Å². The number of anilines is 2. The van der Waals surface area contributed by atoms with E-state index in [1.807, 2.05) is 25.1 Å². The Morgan fingerprint density at radius 1 is 1.24 bits per heavy atom. The Labute approximate surface area is 196 Å². The third-order valence-electron chi connectivity index (χ3n) is 6.30. The molecule has 34 heavy (non-hydrogen) atoms. The summed E-state index contributed by atoms with van der Waals surface area (Å²) in [6.45, 7) is 7.64. The predicted molar refractivity (Wildman–Crippen MR) is 125 cm³/mol. The van der Waals surface area contributed by atoms with Crippen molar-refractivity contribution in [2.45, 2.75) is 45.5 Å². The lowest BCUT2D eigenvalue weighted by molar-refractivity contribution is -0.138. The Balaban J connectivity index is 1.76. The van der Waals surface area contributed by atoms with Gasteiger partial charge in [-0.15, -0.1) is 5.10 Å². The van der Waals surface area contributed by atoms with Crippen LogP contribution < -0.4 is 10.2 Å². The summed E-state index contributed by atoms with van der Waals surface area (Å²) < 4.78 is 47.0. The normalized spacial score (nSPS) is 17.4. The number of aromatic nitrogens is 2. The molecule has 0 radical (unpaired) electrons. The molecule has 0 unspecified atom stereocenters. The molecule has 0 spiro atoms. The summed E-state index contributed by atoms with van der Waals surface area (Å²) in [7, 11) is 0. The van der Waals surface area contributed by atoms with Crippen LogP contribution in [-0.4, -0.2) is 36.0 Å². The van der Waals surface area contributed by atoms with E-state index in [0.717, 1.165) is 35.1 Å². The predicted octanol–water partition coefficient (Wildman–Crippen LogP) is 5.62. The number of morpholine rings is 1. The molecule has 9 heteroatoms. The largest absolute Gasteiger partial charge is 0.418 e. The summed E-state index contributed by atoms with van der Waals surface area (Å²) in [5, 5.41) is 22.5. The molecule has 0 amide bonds. The van der Waals surface area contributed by atoms with Gasteiger partial charge in [0.2, 0.25) is 0 Å². The molecular formula is C25H26F3N5O. The molecule has 0 bridgehead atoms. The quantitative estimate of drug-likeness (QED) is 0.523. The van der Waals surface area contributed by atoms with E-state index >= 15 is 0 Å². The number of nitrogens with zero attached hydrogens (tertiary/aromatic N) is 4. The first kappa shape index (κ1) is 23.8. The second-order valence-electron chi connectivity index (χ2n) is 8.44. The minimum atomic E-state index is -4.66. The van der Waals surface area contributed by atoms with Crippen molar-refractivity contribution in [3.63, 3.8) is 0 Å². The van der Waals surface area contributed by atoms with Gasteiger partial charge in [-0.05, 0) is 44.0 Å². The average Bonchev–Trinajstić information content (AvgIpc) is 2.84. The van der Waals surface area contributed by atoms with E-state index in [2.05, 4.69) is 27.3 Å². The lowest BCUT2D eigenvalue weighted by Gasteiger charge is -2.37. The average molecular weight is 470 g/mol. The summed E-state index contributed by atoms with van der Waals surface area (Å²) >= 11 is 0. The molecule has 3 aromatic rings. The first-order chi connectivity index (χ1) is 16.2. The number of alkyl halides is 3. The van der Waals surface area contributed by atoms with Gasteiger partial charge in [0.1, 0.15) is 0 Å². The number of hydrogen-bond donors (Lipinski definition) is 1. The maximum absolute atomic E-state index is 13.8. The molecule has 1 fully saturated rings. The van der Waals surface area contributed by atoms with E-state index in [0.29, 0.717) is 19.0 Å². The number of nitrogens with one attached hydrogen (secondary N) is 1. The van der Waals surface area contributed by atoms with Crippen LogP contribution in [0, 0.1) is 18.3 Å². The standard InChI is InChI=1S/C25H26F3N5O/c1-4-18-14-34-11-10-33(18)19-8-9-20-16(3)31-32-24(22(20)12-19)30-15(2)21-7-5-6-17(13-29)23(21)25(26,27)28/h5-9,12,15,18H,4,10-11,14H2,1-3H3,(H,30,32)/t15-,18-/m1/s1. The maximum atomic E-state index is 13.8. The molecule has 1 aromatic heterocycles. The number of hydrogen-bond acceptors (Lipinski definition) is 6. The van der Waals surface area contributed by atoms with E-state index in [1.54, 1.807) is 13.0 Å².